The number of ether oxygens (including phenoxy) is 1. The molecule has 1 aromatic carbocycles. The third-order valence-corrected chi connectivity index (χ3v) is 4.69. The van der Waals surface area contributed by atoms with E-state index < -0.39 is 0 Å². The normalized spacial score (nSPS) is 17.2. The van der Waals surface area contributed by atoms with Crippen LogP contribution < -0.4 is 0 Å². The zero-order valence-corrected chi connectivity index (χ0v) is 14.0. The maximum atomic E-state index is 11.8. The molecule has 0 atom stereocenters. The number of likely N-dealkylation sites (tertiary alicyclic amines) is 1. The Hall–Kier alpha value is -0.870. The van der Waals surface area contributed by atoms with Crippen LogP contribution in [0.15, 0.2) is 16.6 Å². The highest BCUT2D eigenvalue weighted by molar-refractivity contribution is 9.10. The molecule has 3 nitrogen and oxygen atoms in total. The van der Waals surface area contributed by atoms with Gasteiger partial charge in [0.05, 0.1) is 12.7 Å². The van der Waals surface area contributed by atoms with E-state index in [4.69, 9.17) is 4.74 Å². The molecular formula is C16H22BrNO2. The lowest BCUT2D eigenvalue weighted by Gasteiger charge is -2.29. The summed E-state index contributed by atoms with van der Waals surface area (Å²) in [5.74, 6) is 0.457. The average Bonchev–Trinajstić information content (AvgIpc) is 2.44. The van der Waals surface area contributed by atoms with E-state index in [2.05, 4.69) is 33.9 Å². The van der Waals surface area contributed by atoms with Gasteiger partial charge in [-0.15, -0.1) is 0 Å². The van der Waals surface area contributed by atoms with Crippen LogP contribution in [0.5, 0.6) is 0 Å². The van der Waals surface area contributed by atoms with Gasteiger partial charge >= 0.3 is 5.97 Å². The second kappa shape index (κ2) is 6.72. The Morgan fingerprint density at radius 1 is 1.40 bits per heavy atom. The molecule has 1 aliphatic rings. The first kappa shape index (κ1) is 15.5. The zero-order valence-electron chi connectivity index (χ0n) is 12.4. The summed E-state index contributed by atoms with van der Waals surface area (Å²) in [6, 6.07) is 3.99. The number of methoxy groups -OCH3 is 1. The Balaban J connectivity index is 2.19. The summed E-state index contributed by atoms with van der Waals surface area (Å²) in [5, 5.41) is 0. The molecule has 1 fully saturated rings. The molecule has 4 heteroatoms. The maximum absolute atomic E-state index is 11.8. The van der Waals surface area contributed by atoms with Crippen molar-refractivity contribution in [1.29, 1.82) is 0 Å². The number of nitrogens with zero attached hydrogens (tertiary/aromatic N) is 1. The lowest BCUT2D eigenvalue weighted by molar-refractivity contribution is 0.0599. The van der Waals surface area contributed by atoms with Gasteiger partial charge in [-0.05, 0) is 75.5 Å². The Kier molecular flexibility index (Phi) is 5.22. The van der Waals surface area contributed by atoms with Crippen LogP contribution in [-0.4, -0.2) is 38.1 Å². The van der Waals surface area contributed by atoms with Gasteiger partial charge in [-0.25, -0.2) is 4.79 Å². The van der Waals surface area contributed by atoms with Crippen molar-refractivity contribution in [3.63, 3.8) is 0 Å². The molecule has 1 saturated heterocycles. The summed E-state index contributed by atoms with van der Waals surface area (Å²) in [5.41, 5.74) is 2.98. The summed E-state index contributed by atoms with van der Waals surface area (Å²) in [6.45, 7) is 4.35. The first-order chi connectivity index (χ1) is 9.51. The van der Waals surface area contributed by atoms with Gasteiger partial charge in [-0.1, -0.05) is 15.9 Å². The molecule has 0 unspecified atom stereocenters. The molecule has 0 aliphatic carbocycles. The van der Waals surface area contributed by atoms with Crippen LogP contribution in [0.4, 0.5) is 0 Å². The Bertz CT molecular complexity index is 493. The van der Waals surface area contributed by atoms with E-state index in [1.54, 1.807) is 0 Å². The van der Waals surface area contributed by atoms with Crippen LogP contribution in [0, 0.1) is 12.8 Å². The van der Waals surface area contributed by atoms with Crippen molar-refractivity contribution in [3.05, 3.63) is 33.3 Å². The summed E-state index contributed by atoms with van der Waals surface area (Å²) in [6.07, 6.45) is 3.51. The number of esters is 1. The highest BCUT2D eigenvalue weighted by Crippen LogP contribution is 2.27. The van der Waals surface area contributed by atoms with Crippen LogP contribution in [0.25, 0.3) is 0 Å². The van der Waals surface area contributed by atoms with Gasteiger partial charge in [-0.3, -0.25) is 0 Å². The minimum Gasteiger partial charge on any atom is -0.465 e. The van der Waals surface area contributed by atoms with Crippen LogP contribution in [0.3, 0.4) is 0 Å². The summed E-state index contributed by atoms with van der Waals surface area (Å²) >= 11 is 3.50. The monoisotopic (exact) mass is 339 g/mol. The van der Waals surface area contributed by atoms with Gasteiger partial charge in [-0.2, -0.15) is 0 Å². The zero-order chi connectivity index (χ0) is 14.7. The summed E-state index contributed by atoms with van der Waals surface area (Å²) in [4.78, 5) is 14.2. The molecule has 0 spiro atoms. The molecular weight excluding hydrogens is 318 g/mol. The predicted octanol–water partition coefficient (Wildman–Crippen LogP) is 3.43. The fourth-order valence-electron chi connectivity index (χ4n) is 2.85. The third-order valence-electron chi connectivity index (χ3n) is 4.23. The smallest absolute Gasteiger partial charge is 0.338 e. The standard InChI is InChI=1S/C16H22BrNO2/c1-11-13(8-12-4-6-18(2)7-5-12)9-14(17)10-15(11)16(19)20-3/h9-10,12H,4-8H2,1-3H3. The van der Waals surface area contributed by atoms with Gasteiger partial charge in [0.15, 0.2) is 0 Å². The van der Waals surface area contributed by atoms with E-state index in [-0.39, 0.29) is 5.97 Å². The van der Waals surface area contributed by atoms with Gasteiger partial charge < -0.3 is 9.64 Å². The van der Waals surface area contributed by atoms with Crippen molar-refractivity contribution >= 4 is 21.9 Å². The minimum absolute atomic E-state index is 0.256. The van der Waals surface area contributed by atoms with Crippen molar-refractivity contribution in [2.45, 2.75) is 26.2 Å². The number of hydrogen-bond acceptors (Lipinski definition) is 3. The molecule has 20 heavy (non-hydrogen) atoms. The Morgan fingerprint density at radius 3 is 2.65 bits per heavy atom. The van der Waals surface area contributed by atoms with Crippen LogP contribution in [-0.2, 0) is 11.2 Å². The van der Waals surface area contributed by atoms with E-state index in [0.717, 1.165) is 16.5 Å². The molecule has 0 bridgehead atoms. The van der Waals surface area contributed by atoms with Gasteiger partial charge in [0.1, 0.15) is 0 Å². The lowest BCUT2D eigenvalue weighted by Crippen LogP contribution is -2.31. The van der Waals surface area contributed by atoms with E-state index in [9.17, 15) is 4.79 Å². The Morgan fingerprint density at radius 2 is 2.05 bits per heavy atom. The number of halogens is 1. The van der Waals surface area contributed by atoms with E-state index in [1.807, 2.05) is 13.0 Å². The molecule has 0 saturated carbocycles. The summed E-state index contributed by atoms with van der Waals surface area (Å²) < 4.78 is 5.82. The highest BCUT2D eigenvalue weighted by Gasteiger charge is 2.20. The second-order valence-corrected chi connectivity index (χ2v) is 6.60. The summed E-state index contributed by atoms with van der Waals surface area (Å²) in [7, 11) is 3.61. The number of benzene rings is 1. The van der Waals surface area contributed by atoms with Crippen molar-refractivity contribution < 1.29 is 9.53 Å². The number of rotatable bonds is 3. The molecule has 0 N–H and O–H groups in total. The maximum Gasteiger partial charge on any atom is 0.338 e. The minimum atomic E-state index is -0.256. The molecule has 0 amide bonds. The lowest BCUT2D eigenvalue weighted by atomic mass is 9.87. The topological polar surface area (TPSA) is 29.5 Å². The van der Waals surface area contributed by atoms with Crippen molar-refractivity contribution in [3.8, 4) is 0 Å². The SMILES string of the molecule is COC(=O)c1cc(Br)cc(CC2CCN(C)CC2)c1C. The van der Waals surface area contributed by atoms with Gasteiger partial charge in [0.2, 0.25) is 0 Å². The van der Waals surface area contributed by atoms with Gasteiger partial charge in [0.25, 0.3) is 0 Å². The number of carbonyl (C=O) groups excluding carboxylic acids is 1. The van der Waals surface area contributed by atoms with E-state index in [1.165, 1.54) is 38.6 Å². The van der Waals surface area contributed by atoms with Crippen molar-refractivity contribution in [2.75, 3.05) is 27.2 Å². The number of hydrogen-bond donors (Lipinski definition) is 0. The molecule has 0 aromatic heterocycles. The quantitative estimate of drug-likeness (QED) is 0.790. The molecule has 2 rings (SSSR count). The highest BCUT2D eigenvalue weighted by atomic mass is 79.9. The number of piperidine rings is 1. The average molecular weight is 340 g/mol. The largest absolute Gasteiger partial charge is 0.465 e. The predicted molar refractivity (Wildman–Crippen MR) is 84.1 cm³/mol. The fraction of sp³-hybridized carbons (Fsp3) is 0.562. The molecule has 1 aromatic rings. The van der Waals surface area contributed by atoms with E-state index in [0.29, 0.717) is 11.5 Å². The van der Waals surface area contributed by atoms with Crippen LogP contribution in [0.2, 0.25) is 0 Å². The molecule has 1 aliphatic heterocycles. The third kappa shape index (κ3) is 3.61. The first-order valence-corrected chi connectivity index (χ1v) is 7.86. The molecule has 110 valence electrons. The number of carbonyl (C=O) groups is 1. The van der Waals surface area contributed by atoms with Crippen LogP contribution in [0.1, 0.15) is 34.3 Å². The van der Waals surface area contributed by atoms with Crippen LogP contribution >= 0.6 is 15.9 Å². The molecule has 0 radical (unpaired) electrons. The Labute approximate surface area is 129 Å². The van der Waals surface area contributed by atoms with E-state index >= 15 is 0 Å². The van der Waals surface area contributed by atoms with Crippen molar-refractivity contribution in [2.24, 2.45) is 5.92 Å². The fourth-order valence-corrected chi connectivity index (χ4v) is 3.35. The second-order valence-electron chi connectivity index (χ2n) is 5.68. The first-order valence-electron chi connectivity index (χ1n) is 7.07. The van der Waals surface area contributed by atoms with Crippen molar-refractivity contribution in [1.82, 2.24) is 4.90 Å². The van der Waals surface area contributed by atoms with Gasteiger partial charge in [0, 0.05) is 4.47 Å². The molecule has 1 heterocycles.